The predicted octanol–water partition coefficient (Wildman–Crippen LogP) is 3.95. The van der Waals surface area contributed by atoms with E-state index in [-0.39, 0.29) is 0 Å². The molecule has 5 nitrogen and oxygen atoms in total. The average Bonchev–Trinajstić information content (AvgIpc) is 3.02. The minimum Gasteiger partial charge on any atom is -0.381 e. The maximum atomic E-state index is 4.59. The number of fused-ring (bicyclic) bond motifs is 1. The van der Waals surface area contributed by atoms with Gasteiger partial charge in [0.1, 0.15) is 5.84 Å². The van der Waals surface area contributed by atoms with E-state index in [4.69, 9.17) is 0 Å². The van der Waals surface area contributed by atoms with Gasteiger partial charge in [0.25, 0.3) is 0 Å². The summed E-state index contributed by atoms with van der Waals surface area (Å²) in [6.07, 6.45) is 8.27. The van der Waals surface area contributed by atoms with Crippen LogP contribution in [0.3, 0.4) is 0 Å². The van der Waals surface area contributed by atoms with Gasteiger partial charge in [0.05, 0.1) is 11.7 Å². The fraction of sp³-hybridized carbons (Fsp3) is 0.368. The van der Waals surface area contributed by atoms with Gasteiger partial charge in [-0.1, -0.05) is 12.7 Å². The minimum atomic E-state index is 0.406. The fourth-order valence-corrected chi connectivity index (χ4v) is 3.13. The first kappa shape index (κ1) is 16.3. The second kappa shape index (κ2) is 7.34. The van der Waals surface area contributed by atoms with Gasteiger partial charge in [-0.25, -0.2) is 4.99 Å². The molecule has 1 aromatic heterocycles. The molecule has 1 saturated heterocycles. The van der Waals surface area contributed by atoms with Crippen LogP contribution in [0.15, 0.2) is 53.8 Å². The number of allylic oxidation sites excluding steroid dienone is 2. The number of aliphatic imine (C=N–C) groups is 1. The molecule has 1 aromatic carbocycles. The molecule has 2 aromatic rings. The Morgan fingerprint density at radius 3 is 3.17 bits per heavy atom. The number of nitrogens with zero attached hydrogens (tertiary/aromatic N) is 3. The highest BCUT2D eigenvalue weighted by molar-refractivity contribution is 5.93. The lowest BCUT2D eigenvalue weighted by Gasteiger charge is -2.35. The molecule has 1 fully saturated rings. The summed E-state index contributed by atoms with van der Waals surface area (Å²) in [6, 6.07) is 6.73. The second-order valence-electron chi connectivity index (χ2n) is 6.31. The highest BCUT2D eigenvalue weighted by atomic mass is 15.2. The van der Waals surface area contributed by atoms with E-state index in [9.17, 15) is 0 Å². The number of anilines is 1. The number of piperidine rings is 1. The quantitative estimate of drug-likeness (QED) is 0.662. The molecule has 0 radical (unpaired) electrons. The van der Waals surface area contributed by atoms with E-state index in [2.05, 4.69) is 56.3 Å². The molecule has 2 N–H and O–H groups in total. The van der Waals surface area contributed by atoms with Crippen LogP contribution in [0.2, 0.25) is 0 Å². The predicted molar refractivity (Wildman–Crippen MR) is 101 cm³/mol. The number of nitrogens with one attached hydrogen (secondary N) is 2. The van der Waals surface area contributed by atoms with Gasteiger partial charge < -0.3 is 10.2 Å². The molecule has 0 amide bonds. The lowest BCUT2D eigenvalue weighted by molar-refractivity contribution is 0.322. The van der Waals surface area contributed by atoms with Gasteiger partial charge in [-0.2, -0.15) is 5.10 Å². The zero-order valence-corrected chi connectivity index (χ0v) is 14.4. The Kier molecular flexibility index (Phi) is 4.99. The Balaban J connectivity index is 1.71. The fourth-order valence-electron chi connectivity index (χ4n) is 3.13. The van der Waals surface area contributed by atoms with Gasteiger partial charge in [-0.05, 0) is 51.0 Å². The van der Waals surface area contributed by atoms with Gasteiger partial charge in [0.15, 0.2) is 0 Å². The molecule has 0 saturated carbocycles. The highest BCUT2D eigenvalue weighted by Crippen LogP contribution is 2.21. The van der Waals surface area contributed by atoms with Crippen molar-refractivity contribution in [3.05, 3.63) is 48.8 Å². The Morgan fingerprint density at radius 1 is 1.50 bits per heavy atom. The van der Waals surface area contributed by atoms with Crippen LogP contribution in [0.4, 0.5) is 5.69 Å². The standard InChI is InChI=1S/C19H25N5/c1-4-6-19(21-14(2)3)24-10-5-7-17(13-24)22-16-8-9-18-15(11-16)12-20-23-18/h4,6,8-9,11-12,17,22H,2,5,7,10,13H2,1,3H3,(H,20,23)/b6-4-,21-19?. The molecule has 0 bridgehead atoms. The van der Waals surface area contributed by atoms with Crippen molar-refractivity contribution in [2.75, 3.05) is 18.4 Å². The number of hydrogen-bond acceptors (Lipinski definition) is 3. The van der Waals surface area contributed by atoms with Crippen molar-refractivity contribution in [2.24, 2.45) is 4.99 Å². The number of amidine groups is 1. The first-order valence-corrected chi connectivity index (χ1v) is 8.47. The summed E-state index contributed by atoms with van der Waals surface area (Å²) in [5, 5.41) is 11.9. The zero-order valence-electron chi connectivity index (χ0n) is 14.4. The summed E-state index contributed by atoms with van der Waals surface area (Å²) in [7, 11) is 0. The molecule has 5 heteroatoms. The van der Waals surface area contributed by atoms with Gasteiger partial charge in [0.2, 0.25) is 0 Å². The highest BCUT2D eigenvalue weighted by Gasteiger charge is 2.21. The van der Waals surface area contributed by atoms with Crippen molar-refractivity contribution in [3.63, 3.8) is 0 Å². The van der Waals surface area contributed by atoms with Crippen LogP contribution in [0, 0.1) is 0 Å². The van der Waals surface area contributed by atoms with E-state index >= 15 is 0 Å². The summed E-state index contributed by atoms with van der Waals surface area (Å²) in [4.78, 5) is 6.93. The van der Waals surface area contributed by atoms with Crippen LogP contribution in [-0.2, 0) is 0 Å². The third-order valence-electron chi connectivity index (χ3n) is 4.18. The number of likely N-dealkylation sites (tertiary alicyclic amines) is 1. The van der Waals surface area contributed by atoms with Crippen LogP contribution in [0.1, 0.15) is 26.7 Å². The smallest absolute Gasteiger partial charge is 0.128 e. The first-order valence-electron chi connectivity index (χ1n) is 8.47. The molecule has 1 unspecified atom stereocenters. The lowest BCUT2D eigenvalue weighted by atomic mass is 10.0. The third-order valence-corrected chi connectivity index (χ3v) is 4.18. The molecule has 3 rings (SSSR count). The van der Waals surface area contributed by atoms with Crippen molar-refractivity contribution in [2.45, 2.75) is 32.7 Å². The molecule has 2 heterocycles. The molecule has 1 aliphatic rings. The largest absolute Gasteiger partial charge is 0.381 e. The molecule has 1 atom stereocenters. The first-order chi connectivity index (χ1) is 11.7. The third kappa shape index (κ3) is 3.85. The molecule has 24 heavy (non-hydrogen) atoms. The number of H-pyrrole nitrogens is 1. The van der Waals surface area contributed by atoms with Gasteiger partial charge >= 0.3 is 0 Å². The average molecular weight is 323 g/mol. The van der Waals surface area contributed by atoms with Gasteiger partial charge in [0, 0.05) is 35.9 Å². The number of aromatic amines is 1. The van der Waals surface area contributed by atoms with Crippen LogP contribution in [0.5, 0.6) is 0 Å². The SMILES string of the molecule is C=C(C)N=C(/C=C\C)N1CCCC(Nc2ccc3[nH]ncc3c2)C1. The van der Waals surface area contributed by atoms with Crippen molar-refractivity contribution < 1.29 is 0 Å². The Hall–Kier alpha value is -2.56. The number of benzene rings is 1. The maximum Gasteiger partial charge on any atom is 0.128 e. The molecule has 1 aliphatic heterocycles. The van der Waals surface area contributed by atoms with Crippen LogP contribution >= 0.6 is 0 Å². The van der Waals surface area contributed by atoms with E-state index in [1.807, 2.05) is 26.1 Å². The normalized spacial score (nSPS) is 19.2. The topological polar surface area (TPSA) is 56.3 Å². The number of rotatable bonds is 4. The molecule has 0 spiro atoms. The van der Waals surface area contributed by atoms with Crippen LogP contribution < -0.4 is 5.32 Å². The summed E-state index contributed by atoms with van der Waals surface area (Å²) < 4.78 is 0. The van der Waals surface area contributed by atoms with E-state index in [1.165, 1.54) is 0 Å². The molecule has 126 valence electrons. The molecular weight excluding hydrogens is 298 g/mol. The van der Waals surface area contributed by atoms with Gasteiger partial charge in [-0.15, -0.1) is 0 Å². The van der Waals surface area contributed by atoms with Crippen LogP contribution in [0.25, 0.3) is 10.9 Å². The van der Waals surface area contributed by atoms with E-state index in [1.54, 1.807) is 0 Å². The summed E-state index contributed by atoms with van der Waals surface area (Å²) in [6.45, 7) is 9.85. The molecular formula is C19H25N5. The van der Waals surface area contributed by atoms with E-state index in [0.717, 1.165) is 54.1 Å². The second-order valence-corrected chi connectivity index (χ2v) is 6.31. The van der Waals surface area contributed by atoms with Crippen LogP contribution in [-0.4, -0.2) is 40.1 Å². The molecule has 0 aliphatic carbocycles. The summed E-state index contributed by atoms with van der Waals surface area (Å²) in [5.41, 5.74) is 3.04. The van der Waals surface area contributed by atoms with E-state index < -0.39 is 0 Å². The van der Waals surface area contributed by atoms with E-state index in [0.29, 0.717) is 6.04 Å². The Morgan fingerprint density at radius 2 is 2.38 bits per heavy atom. The van der Waals surface area contributed by atoms with Crippen molar-refractivity contribution in [1.29, 1.82) is 0 Å². The van der Waals surface area contributed by atoms with Crippen molar-refractivity contribution in [1.82, 2.24) is 15.1 Å². The zero-order chi connectivity index (χ0) is 16.9. The maximum absolute atomic E-state index is 4.59. The number of aromatic nitrogens is 2. The Labute approximate surface area is 143 Å². The van der Waals surface area contributed by atoms with Gasteiger partial charge in [-0.3, -0.25) is 5.10 Å². The van der Waals surface area contributed by atoms with Crippen molar-refractivity contribution in [3.8, 4) is 0 Å². The minimum absolute atomic E-state index is 0.406. The number of hydrogen-bond donors (Lipinski definition) is 2. The summed E-state index contributed by atoms with van der Waals surface area (Å²) >= 11 is 0. The lowest BCUT2D eigenvalue weighted by Crippen LogP contribution is -2.44. The summed E-state index contributed by atoms with van der Waals surface area (Å²) in [5.74, 6) is 1.00. The Bertz CT molecular complexity index is 771. The monoisotopic (exact) mass is 323 g/mol. The van der Waals surface area contributed by atoms with Crippen molar-refractivity contribution >= 4 is 22.4 Å².